The summed E-state index contributed by atoms with van der Waals surface area (Å²) in [5.41, 5.74) is 2.43. The highest BCUT2D eigenvalue weighted by Gasteiger charge is 2.05. The van der Waals surface area contributed by atoms with Crippen molar-refractivity contribution in [3.8, 4) is 0 Å². The Hall–Kier alpha value is -2.67. The van der Waals surface area contributed by atoms with Gasteiger partial charge in [0, 0.05) is 53.0 Å². The van der Waals surface area contributed by atoms with Crippen LogP contribution in [0.25, 0.3) is 5.65 Å². The maximum atomic E-state index is 11.9. The van der Waals surface area contributed by atoms with Gasteiger partial charge in [0.1, 0.15) is 5.65 Å². The lowest BCUT2D eigenvalue weighted by atomic mass is 10.3. The normalized spacial score (nSPS) is 12.0. The van der Waals surface area contributed by atoms with Crippen molar-refractivity contribution in [2.75, 3.05) is 18.1 Å². The first kappa shape index (κ1) is 16.2. The Morgan fingerprint density at radius 2 is 2.12 bits per heavy atom. The number of fused-ring (bicyclic) bond motifs is 1. The third-order valence-electron chi connectivity index (χ3n) is 3.50. The minimum Gasteiger partial charge on any atom is -0.337 e. The van der Waals surface area contributed by atoms with Crippen LogP contribution in [0.5, 0.6) is 0 Å². The van der Waals surface area contributed by atoms with E-state index in [9.17, 15) is 9.00 Å². The van der Waals surface area contributed by atoms with Gasteiger partial charge >= 0.3 is 6.03 Å². The topological polar surface area (TPSA) is 75.5 Å². The molecular weight excluding hydrogens is 324 g/mol. The summed E-state index contributed by atoms with van der Waals surface area (Å²) in [6.45, 7) is 0.481. The Kier molecular flexibility index (Phi) is 4.90. The van der Waals surface area contributed by atoms with E-state index < -0.39 is 10.8 Å². The fourth-order valence-electron chi connectivity index (χ4n) is 2.34. The number of carbonyl (C=O) groups excluding carboxylic acids is 1. The van der Waals surface area contributed by atoms with Crippen LogP contribution in [0, 0.1) is 0 Å². The molecule has 6 nitrogen and oxygen atoms in total. The summed E-state index contributed by atoms with van der Waals surface area (Å²) in [7, 11) is -1.07. The van der Waals surface area contributed by atoms with Crippen molar-refractivity contribution in [2.24, 2.45) is 0 Å². The summed E-state index contributed by atoms with van der Waals surface area (Å²) >= 11 is 0. The van der Waals surface area contributed by atoms with Crippen LogP contribution in [-0.4, -0.2) is 32.4 Å². The van der Waals surface area contributed by atoms with Gasteiger partial charge in [-0.3, -0.25) is 4.21 Å². The highest BCUT2D eigenvalue weighted by atomic mass is 32.2. The lowest BCUT2D eigenvalue weighted by molar-refractivity contribution is 0.252. The summed E-state index contributed by atoms with van der Waals surface area (Å²) in [4.78, 5) is 17.1. The molecule has 2 aromatic heterocycles. The minimum atomic E-state index is -1.07. The van der Waals surface area contributed by atoms with E-state index in [1.165, 1.54) is 0 Å². The molecule has 0 radical (unpaired) electrons. The van der Waals surface area contributed by atoms with E-state index in [1.54, 1.807) is 30.5 Å². The first-order valence-corrected chi connectivity index (χ1v) is 9.08. The van der Waals surface area contributed by atoms with Gasteiger partial charge in [-0.25, -0.2) is 9.78 Å². The second-order valence-electron chi connectivity index (χ2n) is 5.31. The van der Waals surface area contributed by atoms with Crippen LogP contribution < -0.4 is 10.6 Å². The minimum absolute atomic E-state index is 0.294. The zero-order valence-electron chi connectivity index (χ0n) is 13.2. The van der Waals surface area contributed by atoms with Gasteiger partial charge in [-0.2, -0.15) is 0 Å². The number of hydrogen-bond acceptors (Lipinski definition) is 3. The van der Waals surface area contributed by atoms with Crippen LogP contribution in [0.4, 0.5) is 10.5 Å². The van der Waals surface area contributed by atoms with E-state index in [0.717, 1.165) is 11.3 Å². The number of amides is 2. The van der Waals surface area contributed by atoms with E-state index in [2.05, 4.69) is 15.6 Å². The lowest BCUT2D eigenvalue weighted by Crippen LogP contribution is -2.30. The predicted molar refractivity (Wildman–Crippen MR) is 94.7 cm³/mol. The van der Waals surface area contributed by atoms with E-state index >= 15 is 0 Å². The number of pyridine rings is 1. The summed E-state index contributed by atoms with van der Waals surface area (Å²) in [6, 6.07) is 12.5. The predicted octanol–water partition coefficient (Wildman–Crippen LogP) is 2.44. The van der Waals surface area contributed by atoms with Crippen LogP contribution in [0.1, 0.15) is 5.69 Å². The van der Waals surface area contributed by atoms with Gasteiger partial charge in [0.05, 0.1) is 5.69 Å². The van der Waals surface area contributed by atoms with Crippen LogP contribution in [0.15, 0.2) is 59.8 Å². The molecule has 0 aliphatic carbocycles. The summed E-state index contributed by atoms with van der Waals surface area (Å²) in [6.07, 6.45) is 6.15. The number of urea groups is 1. The second kappa shape index (κ2) is 7.27. The molecule has 24 heavy (non-hydrogen) atoms. The molecule has 0 aliphatic rings. The Labute approximate surface area is 142 Å². The molecule has 124 valence electrons. The van der Waals surface area contributed by atoms with Crippen molar-refractivity contribution in [1.29, 1.82) is 0 Å². The molecule has 1 unspecified atom stereocenters. The second-order valence-corrected chi connectivity index (χ2v) is 6.69. The molecule has 0 saturated heterocycles. The number of imidazole rings is 1. The average molecular weight is 342 g/mol. The molecule has 1 atom stereocenters. The van der Waals surface area contributed by atoms with Crippen LogP contribution in [0.2, 0.25) is 0 Å². The lowest BCUT2D eigenvalue weighted by Gasteiger charge is -2.07. The monoisotopic (exact) mass is 342 g/mol. The quantitative estimate of drug-likeness (QED) is 0.748. The van der Waals surface area contributed by atoms with Gasteiger partial charge in [0.15, 0.2) is 0 Å². The van der Waals surface area contributed by atoms with Gasteiger partial charge in [-0.05, 0) is 30.3 Å². The molecule has 0 spiro atoms. The van der Waals surface area contributed by atoms with Crippen LogP contribution >= 0.6 is 0 Å². The van der Waals surface area contributed by atoms with Gasteiger partial charge < -0.3 is 15.0 Å². The number of hydrogen-bond donors (Lipinski definition) is 2. The number of rotatable bonds is 5. The maximum Gasteiger partial charge on any atom is 0.319 e. The van der Waals surface area contributed by atoms with Crippen molar-refractivity contribution in [2.45, 2.75) is 11.3 Å². The number of nitrogens with zero attached hydrogens (tertiary/aromatic N) is 2. The Bertz CT molecular complexity index is 858. The standard InChI is InChI=1S/C17H18N4O2S/c1-24(23)15-6-4-5-13(11-15)20-17(22)18-9-8-14-12-21-10-3-2-7-16(21)19-14/h2-7,10-12H,8-9H2,1H3,(H2,18,20,22). The summed E-state index contributed by atoms with van der Waals surface area (Å²) in [5, 5.41) is 5.54. The molecule has 0 aliphatic heterocycles. The van der Waals surface area contributed by atoms with Crippen molar-refractivity contribution in [3.63, 3.8) is 0 Å². The van der Waals surface area contributed by atoms with Crippen molar-refractivity contribution >= 4 is 28.2 Å². The summed E-state index contributed by atoms with van der Waals surface area (Å²) < 4.78 is 13.4. The van der Waals surface area contributed by atoms with E-state index in [1.807, 2.05) is 35.0 Å². The first-order chi connectivity index (χ1) is 11.6. The third-order valence-corrected chi connectivity index (χ3v) is 4.42. The van der Waals surface area contributed by atoms with Crippen molar-refractivity contribution < 1.29 is 9.00 Å². The molecule has 2 N–H and O–H groups in total. The molecule has 3 rings (SSSR count). The van der Waals surface area contributed by atoms with Gasteiger partial charge in [-0.15, -0.1) is 0 Å². The number of carbonyl (C=O) groups is 1. The number of anilines is 1. The zero-order valence-corrected chi connectivity index (χ0v) is 14.0. The summed E-state index contributed by atoms with van der Waals surface area (Å²) in [5.74, 6) is 0. The van der Waals surface area contributed by atoms with E-state index in [0.29, 0.717) is 23.5 Å². The molecule has 0 bridgehead atoms. The molecule has 2 amide bonds. The number of nitrogens with one attached hydrogen (secondary N) is 2. The first-order valence-electron chi connectivity index (χ1n) is 7.53. The molecule has 3 aromatic rings. The highest BCUT2D eigenvalue weighted by Crippen LogP contribution is 2.13. The largest absolute Gasteiger partial charge is 0.337 e. The van der Waals surface area contributed by atoms with Crippen molar-refractivity contribution in [3.05, 3.63) is 60.6 Å². The van der Waals surface area contributed by atoms with E-state index in [-0.39, 0.29) is 6.03 Å². The highest BCUT2D eigenvalue weighted by molar-refractivity contribution is 7.84. The van der Waals surface area contributed by atoms with Crippen LogP contribution in [0.3, 0.4) is 0 Å². The third kappa shape index (κ3) is 3.99. The Morgan fingerprint density at radius 1 is 1.25 bits per heavy atom. The van der Waals surface area contributed by atoms with Gasteiger partial charge in [0.2, 0.25) is 0 Å². The van der Waals surface area contributed by atoms with Crippen LogP contribution in [-0.2, 0) is 17.2 Å². The fraction of sp³-hybridized carbons (Fsp3) is 0.176. The Morgan fingerprint density at radius 3 is 2.92 bits per heavy atom. The molecular formula is C17H18N4O2S. The zero-order chi connectivity index (χ0) is 16.9. The van der Waals surface area contributed by atoms with Crippen molar-refractivity contribution in [1.82, 2.24) is 14.7 Å². The molecule has 2 heterocycles. The SMILES string of the molecule is CS(=O)c1cccc(NC(=O)NCCc2cn3ccccc3n2)c1. The average Bonchev–Trinajstić information content (AvgIpc) is 2.97. The van der Waals surface area contributed by atoms with Gasteiger partial charge in [0.25, 0.3) is 0 Å². The van der Waals surface area contributed by atoms with E-state index in [4.69, 9.17) is 0 Å². The number of aromatic nitrogens is 2. The Balaban J connectivity index is 1.52. The smallest absolute Gasteiger partial charge is 0.319 e. The molecule has 1 aromatic carbocycles. The molecule has 0 fully saturated rings. The fourth-order valence-corrected chi connectivity index (χ4v) is 2.90. The molecule has 7 heteroatoms. The maximum absolute atomic E-state index is 11.9. The molecule has 0 saturated carbocycles. The number of benzene rings is 1. The van der Waals surface area contributed by atoms with Gasteiger partial charge in [-0.1, -0.05) is 12.1 Å².